The van der Waals surface area contributed by atoms with Gasteiger partial charge in [0.2, 0.25) is 0 Å². The molecule has 8 nitrogen and oxygen atoms in total. The van der Waals surface area contributed by atoms with E-state index in [4.69, 9.17) is 14.0 Å². The van der Waals surface area contributed by atoms with Crippen LogP contribution in [-0.2, 0) is 16.1 Å². The lowest BCUT2D eigenvalue weighted by molar-refractivity contribution is -0.139. The number of nitrogens with zero attached hydrogens (tertiary/aromatic N) is 3. The summed E-state index contributed by atoms with van der Waals surface area (Å²) in [4.78, 5) is 30.8. The molecule has 2 aromatic rings. The van der Waals surface area contributed by atoms with Gasteiger partial charge in [0, 0.05) is 18.0 Å². The Labute approximate surface area is 176 Å². The smallest absolute Gasteiger partial charge is 0.338 e. The van der Waals surface area contributed by atoms with Crippen LogP contribution in [0.5, 0.6) is 5.75 Å². The van der Waals surface area contributed by atoms with E-state index < -0.39 is 5.97 Å². The molecule has 1 aliphatic rings. The summed E-state index contributed by atoms with van der Waals surface area (Å²) in [5, 5.41) is 3.83. The summed E-state index contributed by atoms with van der Waals surface area (Å²) in [7, 11) is 0. The minimum Gasteiger partial charge on any atom is -0.484 e. The summed E-state index contributed by atoms with van der Waals surface area (Å²) in [5.41, 5.74) is 0.371. The Kier molecular flexibility index (Phi) is 7.07. The third kappa shape index (κ3) is 5.37. The van der Waals surface area contributed by atoms with Crippen LogP contribution in [0.2, 0.25) is 0 Å². The van der Waals surface area contributed by atoms with Crippen molar-refractivity contribution in [3.8, 4) is 5.75 Å². The van der Waals surface area contributed by atoms with Gasteiger partial charge in [-0.05, 0) is 57.4 Å². The Morgan fingerprint density at radius 1 is 1.17 bits per heavy atom. The summed E-state index contributed by atoms with van der Waals surface area (Å²) in [6.45, 7) is 7.94. The van der Waals surface area contributed by atoms with Crippen molar-refractivity contribution < 1.29 is 23.6 Å². The van der Waals surface area contributed by atoms with Gasteiger partial charge in [0.05, 0.1) is 5.56 Å². The van der Waals surface area contributed by atoms with Crippen LogP contribution < -0.4 is 4.74 Å². The molecule has 0 bridgehead atoms. The van der Waals surface area contributed by atoms with Crippen molar-refractivity contribution in [2.24, 2.45) is 0 Å². The molecule has 0 spiro atoms. The highest BCUT2D eigenvalue weighted by Crippen LogP contribution is 2.23. The minimum atomic E-state index is -0.502. The second-order valence-electron chi connectivity index (χ2n) is 8.02. The fourth-order valence-electron chi connectivity index (χ4n) is 3.59. The molecule has 0 N–H and O–H groups in total. The van der Waals surface area contributed by atoms with E-state index in [1.54, 1.807) is 24.3 Å². The number of rotatable bonds is 7. The predicted molar refractivity (Wildman–Crippen MR) is 109 cm³/mol. The first-order valence-electron chi connectivity index (χ1n) is 10.4. The van der Waals surface area contributed by atoms with Gasteiger partial charge in [-0.25, -0.2) is 4.79 Å². The minimum absolute atomic E-state index is 0.0153. The van der Waals surface area contributed by atoms with E-state index in [1.807, 2.05) is 18.7 Å². The van der Waals surface area contributed by atoms with Gasteiger partial charge in [0.25, 0.3) is 11.8 Å². The second-order valence-corrected chi connectivity index (χ2v) is 8.02. The standard InChI is InChI=1S/C22H29N3O5/c1-14(2)21-23-19(30-24-21)12-29-22(27)17-8-10-18(11-9-17)28-13-20(26)25-15(3)6-5-7-16(25)4/h8-11,14-16H,5-7,12-13H2,1-4H3/t15-,16+. The van der Waals surface area contributed by atoms with Gasteiger partial charge in [-0.2, -0.15) is 4.98 Å². The number of piperidine rings is 1. The summed E-state index contributed by atoms with van der Waals surface area (Å²) in [6, 6.07) is 6.96. The lowest BCUT2D eigenvalue weighted by atomic mass is 9.97. The molecule has 1 amide bonds. The molecule has 1 aromatic heterocycles. The number of likely N-dealkylation sites (tertiary alicyclic amines) is 1. The highest BCUT2D eigenvalue weighted by atomic mass is 16.6. The van der Waals surface area contributed by atoms with Gasteiger partial charge in [0.15, 0.2) is 19.0 Å². The Morgan fingerprint density at radius 2 is 1.83 bits per heavy atom. The monoisotopic (exact) mass is 415 g/mol. The Hall–Kier alpha value is -2.90. The van der Waals surface area contributed by atoms with Crippen LogP contribution in [0, 0.1) is 0 Å². The molecule has 0 saturated carbocycles. The van der Waals surface area contributed by atoms with E-state index in [1.165, 1.54) is 0 Å². The first-order chi connectivity index (χ1) is 14.3. The summed E-state index contributed by atoms with van der Waals surface area (Å²) < 4.78 is 15.9. The number of aromatic nitrogens is 2. The number of amides is 1. The van der Waals surface area contributed by atoms with E-state index in [9.17, 15) is 9.59 Å². The number of esters is 1. The summed E-state index contributed by atoms with van der Waals surface area (Å²) in [5.74, 6) is 0.975. The quantitative estimate of drug-likeness (QED) is 0.636. The fourth-order valence-corrected chi connectivity index (χ4v) is 3.59. The lowest BCUT2D eigenvalue weighted by Crippen LogP contribution is -2.49. The zero-order valence-corrected chi connectivity index (χ0v) is 18.0. The Bertz CT molecular complexity index is 852. The molecule has 0 aliphatic carbocycles. The van der Waals surface area contributed by atoms with E-state index in [0.717, 1.165) is 19.3 Å². The third-order valence-electron chi connectivity index (χ3n) is 5.26. The van der Waals surface area contributed by atoms with Gasteiger partial charge in [0.1, 0.15) is 5.75 Å². The van der Waals surface area contributed by atoms with Crippen LogP contribution in [-0.4, -0.2) is 45.6 Å². The van der Waals surface area contributed by atoms with Gasteiger partial charge < -0.3 is 18.9 Å². The number of ether oxygens (including phenoxy) is 2. The number of hydrogen-bond acceptors (Lipinski definition) is 7. The van der Waals surface area contributed by atoms with Gasteiger partial charge >= 0.3 is 5.97 Å². The number of benzene rings is 1. The van der Waals surface area contributed by atoms with Crippen LogP contribution >= 0.6 is 0 Å². The van der Waals surface area contributed by atoms with Crippen molar-refractivity contribution in [3.63, 3.8) is 0 Å². The number of carbonyl (C=O) groups excluding carboxylic acids is 2. The average molecular weight is 415 g/mol. The first-order valence-corrected chi connectivity index (χ1v) is 10.4. The molecule has 1 saturated heterocycles. The van der Waals surface area contributed by atoms with Crippen molar-refractivity contribution in [2.75, 3.05) is 6.61 Å². The van der Waals surface area contributed by atoms with Crippen LogP contribution in [0.3, 0.4) is 0 Å². The molecule has 162 valence electrons. The second kappa shape index (κ2) is 9.73. The fraction of sp³-hybridized carbons (Fsp3) is 0.545. The van der Waals surface area contributed by atoms with Crippen LogP contribution in [0.1, 0.15) is 74.9 Å². The van der Waals surface area contributed by atoms with E-state index >= 15 is 0 Å². The Morgan fingerprint density at radius 3 is 2.43 bits per heavy atom. The SMILES string of the molecule is CC(C)c1noc(COC(=O)c2ccc(OCC(=O)N3[C@H](C)CCC[C@@H]3C)cc2)n1. The largest absolute Gasteiger partial charge is 0.484 e. The molecule has 3 rings (SSSR count). The van der Waals surface area contributed by atoms with Crippen LogP contribution in [0.4, 0.5) is 0 Å². The first kappa shape index (κ1) is 21.8. The summed E-state index contributed by atoms with van der Waals surface area (Å²) >= 11 is 0. The predicted octanol–water partition coefficient (Wildman–Crippen LogP) is 3.72. The summed E-state index contributed by atoms with van der Waals surface area (Å²) in [6.07, 6.45) is 3.19. The van der Waals surface area contributed by atoms with Crippen molar-refractivity contribution in [2.45, 2.75) is 71.6 Å². The molecule has 8 heteroatoms. The third-order valence-corrected chi connectivity index (χ3v) is 5.26. The molecule has 0 radical (unpaired) electrons. The molecule has 1 aliphatic heterocycles. The zero-order valence-electron chi connectivity index (χ0n) is 18.0. The van der Waals surface area contributed by atoms with Gasteiger partial charge in [-0.1, -0.05) is 19.0 Å². The molecule has 30 heavy (non-hydrogen) atoms. The molecule has 2 heterocycles. The highest BCUT2D eigenvalue weighted by Gasteiger charge is 2.29. The zero-order chi connectivity index (χ0) is 21.7. The van der Waals surface area contributed by atoms with Crippen molar-refractivity contribution in [1.82, 2.24) is 15.0 Å². The maximum absolute atomic E-state index is 12.5. The molecule has 1 aromatic carbocycles. The van der Waals surface area contributed by atoms with Crippen molar-refractivity contribution in [3.05, 3.63) is 41.5 Å². The van der Waals surface area contributed by atoms with Crippen LogP contribution in [0.15, 0.2) is 28.8 Å². The van der Waals surface area contributed by atoms with Gasteiger partial charge in [-0.15, -0.1) is 0 Å². The molecule has 1 fully saturated rings. The highest BCUT2D eigenvalue weighted by molar-refractivity contribution is 5.89. The average Bonchev–Trinajstić information content (AvgIpc) is 3.20. The maximum atomic E-state index is 12.5. The van der Waals surface area contributed by atoms with Crippen LogP contribution in [0.25, 0.3) is 0 Å². The van der Waals surface area contributed by atoms with Crippen molar-refractivity contribution >= 4 is 11.9 Å². The lowest BCUT2D eigenvalue weighted by Gasteiger charge is -2.38. The molecular weight excluding hydrogens is 386 g/mol. The van der Waals surface area contributed by atoms with E-state index in [0.29, 0.717) is 17.1 Å². The number of carbonyl (C=O) groups is 2. The molecular formula is C22H29N3O5. The molecule has 2 atom stereocenters. The van der Waals surface area contributed by atoms with Crippen molar-refractivity contribution in [1.29, 1.82) is 0 Å². The van der Waals surface area contributed by atoms with Gasteiger partial charge in [-0.3, -0.25) is 4.79 Å². The molecule has 0 unspecified atom stereocenters. The van der Waals surface area contributed by atoms with E-state index in [-0.39, 0.29) is 43.0 Å². The number of hydrogen-bond donors (Lipinski definition) is 0. The maximum Gasteiger partial charge on any atom is 0.338 e. The normalized spacial score (nSPS) is 19.0. The van der Waals surface area contributed by atoms with E-state index in [2.05, 4.69) is 24.0 Å². The topological polar surface area (TPSA) is 94.8 Å². The Balaban J connectivity index is 1.49.